The van der Waals surface area contributed by atoms with Crippen LogP contribution in [0.15, 0.2) is 60.1 Å². The van der Waals surface area contributed by atoms with E-state index in [2.05, 4.69) is 25.5 Å². The Balaban J connectivity index is 1.35. The first-order chi connectivity index (χ1) is 18.7. The van der Waals surface area contributed by atoms with Gasteiger partial charge in [-0.1, -0.05) is 35.5 Å². The number of methoxy groups -OCH3 is 1. The summed E-state index contributed by atoms with van der Waals surface area (Å²) in [6.07, 6.45) is -0.519. The van der Waals surface area contributed by atoms with E-state index < -0.39 is 17.6 Å². The molecule has 0 bridgehead atoms. The number of nitrogens with zero attached hydrogens (tertiary/aromatic N) is 5. The number of rotatable bonds is 7. The van der Waals surface area contributed by atoms with Crippen molar-refractivity contribution in [2.45, 2.75) is 38.1 Å². The summed E-state index contributed by atoms with van der Waals surface area (Å²) in [4.78, 5) is 26.5. The van der Waals surface area contributed by atoms with Crippen LogP contribution in [-0.4, -0.2) is 44.4 Å². The highest BCUT2D eigenvalue weighted by Crippen LogP contribution is 2.39. The number of fused-ring (bicyclic) bond motifs is 1. The maximum absolute atomic E-state index is 13.7. The molecule has 1 aromatic carbocycles. The third-order valence-electron chi connectivity index (χ3n) is 6.34. The lowest BCUT2D eigenvalue weighted by Gasteiger charge is -2.14. The Bertz CT molecular complexity index is 1540. The van der Waals surface area contributed by atoms with E-state index in [1.54, 1.807) is 0 Å². The maximum atomic E-state index is 13.7. The van der Waals surface area contributed by atoms with E-state index in [0.29, 0.717) is 25.9 Å². The largest absolute Gasteiger partial charge is 0.480 e. The fourth-order valence-corrected chi connectivity index (χ4v) is 4.48. The van der Waals surface area contributed by atoms with E-state index in [0.717, 1.165) is 28.2 Å². The number of nitrogen functional groups attached to an aromatic ring is 1. The van der Waals surface area contributed by atoms with E-state index in [9.17, 15) is 18.0 Å². The predicted molar refractivity (Wildman–Crippen MR) is 136 cm³/mol. The lowest BCUT2D eigenvalue weighted by Crippen LogP contribution is -2.33. The topological polar surface area (TPSA) is 129 Å². The van der Waals surface area contributed by atoms with Crippen LogP contribution in [0.4, 0.5) is 19.0 Å². The molecule has 1 amide bonds. The highest BCUT2D eigenvalue weighted by Gasteiger charge is 2.37. The van der Waals surface area contributed by atoms with Gasteiger partial charge in [-0.2, -0.15) is 18.3 Å². The third kappa shape index (κ3) is 5.47. The van der Waals surface area contributed by atoms with Crippen LogP contribution in [0, 0.1) is 0 Å². The second kappa shape index (κ2) is 10.6. The second-order valence-electron chi connectivity index (χ2n) is 8.96. The summed E-state index contributed by atoms with van der Waals surface area (Å²) in [7, 11) is 1.35. The molecule has 39 heavy (non-hydrogen) atoms. The van der Waals surface area contributed by atoms with E-state index in [-0.39, 0.29) is 40.1 Å². The van der Waals surface area contributed by atoms with Gasteiger partial charge in [0.1, 0.15) is 24.0 Å². The molecule has 4 aromatic rings. The number of nitrogens with one attached hydrogen (secondary N) is 1. The van der Waals surface area contributed by atoms with Gasteiger partial charge in [0.15, 0.2) is 5.82 Å². The average molecular weight is 540 g/mol. The van der Waals surface area contributed by atoms with Gasteiger partial charge >= 0.3 is 6.18 Å². The number of halogens is 3. The monoisotopic (exact) mass is 539 g/mol. The SMILES string of the molecule is COc1ncc(-c2cc(C(F)(F)F)c3c(N)ncnn23)cc1C(=O)NC1CC/C(=N\OCc2ccccc2)C1. The number of pyridine rings is 1. The lowest BCUT2D eigenvalue weighted by molar-refractivity contribution is -0.136. The van der Waals surface area contributed by atoms with Gasteiger partial charge in [0.05, 0.1) is 24.1 Å². The van der Waals surface area contributed by atoms with Crippen LogP contribution >= 0.6 is 0 Å². The molecule has 202 valence electrons. The third-order valence-corrected chi connectivity index (χ3v) is 6.34. The predicted octanol–water partition coefficient (Wildman–Crippen LogP) is 4.26. The summed E-state index contributed by atoms with van der Waals surface area (Å²) >= 11 is 0. The van der Waals surface area contributed by atoms with Crippen molar-refractivity contribution in [2.75, 3.05) is 12.8 Å². The molecule has 0 radical (unpaired) electrons. The van der Waals surface area contributed by atoms with Crippen molar-refractivity contribution in [1.82, 2.24) is 24.9 Å². The van der Waals surface area contributed by atoms with Crippen LogP contribution in [0.5, 0.6) is 5.88 Å². The van der Waals surface area contributed by atoms with Crippen LogP contribution in [0.3, 0.4) is 0 Å². The minimum atomic E-state index is -4.70. The number of alkyl halides is 3. The first-order valence-corrected chi connectivity index (χ1v) is 12.0. The number of hydrogen-bond acceptors (Lipinski definition) is 8. The number of carbonyl (C=O) groups excluding carboxylic acids is 1. The van der Waals surface area contributed by atoms with Gasteiger partial charge < -0.3 is 20.6 Å². The van der Waals surface area contributed by atoms with E-state index >= 15 is 0 Å². The molecule has 13 heteroatoms. The Hall–Kier alpha value is -4.68. The first kappa shape index (κ1) is 25.9. The van der Waals surface area contributed by atoms with Gasteiger partial charge in [0, 0.05) is 24.2 Å². The summed E-state index contributed by atoms with van der Waals surface area (Å²) in [5.74, 6) is -0.779. The van der Waals surface area contributed by atoms with E-state index in [4.69, 9.17) is 15.3 Å². The normalized spacial score (nSPS) is 16.5. The fourth-order valence-electron chi connectivity index (χ4n) is 4.48. The maximum Gasteiger partial charge on any atom is 0.418 e. The van der Waals surface area contributed by atoms with Gasteiger partial charge in [-0.3, -0.25) is 4.79 Å². The molecule has 1 aliphatic rings. The molecule has 1 unspecified atom stereocenters. The first-order valence-electron chi connectivity index (χ1n) is 12.0. The van der Waals surface area contributed by atoms with Gasteiger partial charge in [-0.15, -0.1) is 0 Å². The summed E-state index contributed by atoms with van der Waals surface area (Å²) in [6, 6.07) is 11.7. The molecule has 1 fully saturated rings. The van der Waals surface area contributed by atoms with Crippen LogP contribution in [0.2, 0.25) is 0 Å². The molecule has 5 rings (SSSR count). The summed E-state index contributed by atoms with van der Waals surface area (Å²) in [5.41, 5.74) is 6.51. The zero-order chi connectivity index (χ0) is 27.6. The van der Waals surface area contributed by atoms with E-state index in [1.165, 1.54) is 19.4 Å². The summed E-state index contributed by atoms with van der Waals surface area (Å²) in [5, 5.41) is 11.1. The molecule has 0 aliphatic heterocycles. The molecule has 1 aliphatic carbocycles. The highest BCUT2D eigenvalue weighted by molar-refractivity contribution is 5.98. The van der Waals surface area contributed by atoms with Crippen molar-refractivity contribution in [3.8, 4) is 17.1 Å². The van der Waals surface area contributed by atoms with Crippen molar-refractivity contribution in [2.24, 2.45) is 5.16 Å². The van der Waals surface area contributed by atoms with Gasteiger partial charge in [0.25, 0.3) is 5.91 Å². The molecule has 3 N–H and O–H groups in total. The minimum Gasteiger partial charge on any atom is -0.480 e. The number of aromatic nitrogens is 4. The zero-order valence-corrected chi connectivity index (χ0v) is 20.8. The number of benzene rings is 1. The van der Waals surface area contributed by atoms with E-state index in [1.807, 2.05) is 30.3 Å². The van der Waals surface area contributed by atoms with Gasteiger partial charge in [0.2, 0.25) is 5.88 Å². The number of hydrogen-bond donors (Lipinski definition) is 2. The highest BCUT2D eigenvalue weighted by atomic mass is 19.4. The standard InChI is InChI=1S/C26H24F3N7O3/c1-38-25-19(24(37)34-17-7-8-18(10-17)35-39-13-15-5-3-2-4-6-15)9-16(12-31-25)21-11-20(26(27,28)29)22-23(30)32-14-33-36(21)22/h2-6,9,11-12,14,17H,7-8,10,13H2,1H3,(H,34,37)(H2,30,32,33)/b35-18+. The fraction of sp³-hybridized carbons (Fsp3) is 0.269. The number of amides is 1. The number of oxime groups is 1. The lowest BCUT2D eigenvalue weighted by atomic mass is 10.1. The Morgan fingerprint density at radius 2 is 2.03 bits per heavy atom. The Morgan fingerprint density at radius 1 is 1.23 bits per heavy atom. The number of carbonyl (C=O) groups is 1. The summed E-state index contributed by atoms with van der Waals surface area (Å²) in [6.45, 7) is 0.345. The Morgan fingerprint density at radius 3 is 2.77 bits per heavy atom. The molecule has 3 aromatic heterocycles. The summed E-state index contributed by atoms with van der Waals surface area (Å²) < 4.78 is 47.5. The molecule has 10 nitrogen and oxygen atoms in total. The number of nitrogens with two attached hydrogens (primary N) is 1. The van der Waals surface area contributed by atoms with Crippen LogP contribution in [0.1, 0.15) is 40.7 Å². The molecular weight excluding hydrogens is 515 g/mol. The van der Waals surface area contributed by atoms with Crippen molar-refractivity contribution < 1.29 is 27.5 Å². The number of ether oxygens (including phenoxy) is 1. The smallest absolute Gasteiger partial charge is 0.418 e. The van der Waals surface area contributed by atoms with Crippen LogP contribution in [0.25, 0.3) is 16.8 Å². The Labute approximate surface area is 220 Å². The van der Waals surface area contributed by atoms with Crippen molar-refractivity contribution in [3.05, 3.63) is 71.7 Å². The minimum absolute atomic E-state index is 0.0281. The molecule has 1 atom stereocenters. The van der Waals surface area contributed by atoms with Crippen molar-refractivity contribution in [1.29, 1.82) is 0 Å². The second-order valence-corrected chi connectivity index (χ2v) is 8.96. The van der Waals surface area contributed by atoms with Gasteiger partial charge in [-0.05, 0) is 30.5 Å². The molecule has 1 saturated carbocycles. The quantitative estimate of drug-likeness (QED) is 0.336. The number of anilines is 1. The van der Waals surface area contributed by atoms with Crippen LogP contribution in [-0.2, 0) is 17.6 Å². The average Bonchev–Trinajstić information content (AvgIpc) is 3.54. The molecule has 0 spiro atoms. The molecular formula is C26H24F3N7O3. The van der Waals surface area contributed by atoms with Crippen LogP contribution < -0.4 is 15.8 Å². The van der Waals surface area contributed by atoms with Gasteiger partial charge in [-0.25, -0.2) is 14.5 Å². The zero-order valence-electron chi connectivity index (χ0n) is 20.8. The molecule has 3 heterocycles. The van der Waals surface area contributed by atoms with Crippen molar-refractivity contribution in [3.63, 3.8) is 0 Å². The Kier molecular flexibility index (Phi) is 7.05. The van der Waals surface area contributed by atoms with Crippen molar-refractivity contribution >= 4 is 23.0 Å². The molecule has 0 saturated heterocycles.